The van der Waals surface area contributed by atoms with E-state index in [2.05, 4.69) is 5.32 Å². The summed E-state index contributed by atoms with van der Waals surface area (Å²) in [5.41, 5.74) is 0. The summed E-state index contributed by atoms with van der Waals surface area (Å²) in [7, 11) is 0. The molecular formula is C11H19ClN2O2. The highest BCUT2D eigenvalue weighted by atomic mass is 35.5. The molecule has 1 aliphatic heterocycles. The van der Waals surface area contributed by atoms with Gasteiger partial charge >= 0.3 is 0 Å². The molecule has 0 aromatic rings. The predicted octanol–water partition coefficient (Wildman–Crippen LogP) is 1.13. The van der Waals surface area contributed by atoms with Crippen LogP contribution < -0.4 is 5.32 Å². The quantitative estimate of drug-likeness (QED) is 0.584. The van der Waals surface area contributed by atoms with E-state index in [9.17, 15) is 9.59 Å². The molecule has 0 spiro atoms. The van der Waals surface area contributed by atoms with Crippen molar-refractivity contribution in [2.45, 2.75) is 32.1 Å². The predicted molar refractivity (Wildman–Crippen MR) is 63.4 cm³/mol. The van der Waals surface area contributed by atoms with Crippen molar-refractivity contribution >= 4 is 23.4 Å². The molecule has 0 atom stereocenters. The van der Waals surface area contributed by atoms with Gasteiger partial charge in [-0.1, -0.05) is 6.42 Å². The number of halogens is 1. The maximum atomic E-state index is 11.6. The fourth-order valence-corrected chi connectivity index (χ4v) is 1.91. The van der Waals surface area contributed by atoms with Crippen LogP contribution in [0, 0.1) is 0 Å². The maximum Gasteiger partial charge on any atom is 0.234 e. The Morgan fingerprint density at radius 3 is 2.94 bits per heavy atom. The zero-order valence-electron chi connectivity index (χ0n) is 9.51. The van der Waals surface area contributed by atoms with Crippen LogP contribution in [-0.4, -0.2) is 42.2 Å². The Labute approximate surface area is 101 Å². The molecule has 1 rings (SSSR count). The molecule has 1 N–H and O–H groups in total. The Hall–Kier alpha value is -0.770. The standard InChI is InChI=1S/C11H19ClN2O2/c12-9-10(15)13-6-4-8-14-7-3-1-2-5-11(14)16/h1-9H2,(H,13,15). The van der Waals surface area contributed by atoms with Gasteiger partial charge in [0, 0.05) is 26.1 Å². The lowest BCUT2D eigenvalue weighted by Gasteiger charge is -2.20. The van der Waals surface area contributed by atoms with Gasteiger partial charge in [-0.05, 0) is 19.3 Å². The third-order valence-corrected chi connectivity index (χ3v) is 2.96. The lowest BCUT2D eigenvalue weighted by molar-refractivity contribution is -0.130. The van der Waals surface area contributed by atoms with E-state index in [1.807, 2.05) is 4.90 Å². The van der Waals surface area contributed by atoms with Crippen LogP contribution in [0.15, 0.2) is 0 Å². The molecule has 0 aromatic carbocycles. The van der Waals surface area contributed by atoms with Crippen LogP contribution in [0.1, 0.15) is 32.1 Å². The SMILES string of the molecule is O=C(CCl)NCCCN1CCCCCC1=O. The minimum atomic E-state index is -0.149. The molecule has 0 aliphatic carbocycles. The Morgan fingerprint density at radius 1 is 1.38 bits per heavy atom. The van der Waals surface area contributed by atoms with Crippen LogP contribution in [0.2, 0.25) is 0 Å². The van der Waals surface area contributed by atoms with Crippen LogP contribution in [0.3, 0.4) is 0 Å². The maximum absolute atomic E-state index is 11.6. The lowest BCUT2D eigenvalue weighted by Crippen LogP contribution is -2.34. The molecule has 1 aliphatic rings. The highest BCUT2D eigenvalue weighted by Gasteiger charge is 2.15. The summed E-state index contributed by atoms with van der Waals surface area (Å²) < 4.78 is 0. The third-order valence-electron chi connectivity index (χ3n) is 2.72. The number of rotatable bonds is 5. The van der Waals surface area contributed by atoms with Crippen molar-refractivity contribution in [2.24, 2.45) is 0 Å². The first-order valence-corrected chi connectivity index (χ1v) is 6.38. The van der Waals surface area contributed by atoms with Gasteiger partial charge in [-0.3, -0.25) is 9.59 Å². The second kappa shape index (κ2) is 7.49. The fourth-order valence-electron chi connectivity index (χ4n) is 1.82. The van der Waals surface area contributed by atoms with Gasteiger partial charge in [0.15, 0.2) is 0 Å². The van der Waals surface area contributed by atoms with Gasteiger partial charge in [0.2, 0.25) is 11.8 Å². The number of amides is 2. The van der Waals surface area contributed by atoms with Crippen LogP contribution >= 0.6 is 11.6 Å². The summed E-state index contributed by atoms with van der Waals surface area (Å²) in [6.45, 7) is 2.19. The van der Waals surface area contributed by atoms with E-state index in [-0.39, 0.29) is 17.7 Å². The molecule has 92 valence electrons. The Morgan fingerprint density at radius 2 is 2.19 bits per heavy atom. The zero-order valence-corrected chi connectivity index (χ0v) is 10.3. The van der Waals surface area contributed by atoms with E-state index >= 15 is 0 Å². The van der Waals surface area contributed by atoms with Gasteiger partial charge in [0.1, 0.15) is 5.88 Å². The number of carbonyl (C=O) groups is 2. The van der Waals surface area contributed by atoms with Crippen molar-refractivity contribution in [3.05, 3.63) is 0 Å². The van der Waals surface area contributed by atoms with E-state index in [0.29, 0.717) is 13.0 Å². The van der Waals surface area contributed by atoms with Gasteiger partial charge in [-0.2, -0.15) is 0 Å². The van der Waals surface area contributed by atoms with Crippen LogP contribution in [-0.2, 0) is 9.59 Å². The minimum Gasteiger partial charge on any atom is -0.355 e. The molecule has 1 saturated heterocycles. The number of hydrogen-bond donors (Lipinski definition) is 1. The first-order chi connectivity index (χ1) is 7.74. The number of nitrogens with one attached hydrogen (secondary N) is 1. The van der Waals surface area contributed by atoms with Crippen molar-refractivity contribution in [3.63, 3.8) is 0 Å². The summed E-state index contributed by atoms with van der Waals surface area (Å²) in [5, 5.41) is 2.69. The van der Waals surface area contributed by atoms with E-state index in [0.717, 1.165) is 38.8 Å². The van der Waals surface area contributed by atoms with Crippen molar-refractivity contribution in [2.75, 3.05) is 25.5 Å². The van der Waals surface area contributed by atoms with E-state index in [4.69, 9.17) is 11.6 Å². The van der Waals surface area contributed by atoms with Gasteiger partial charge in [-0.15, -0.1) is 11.6 Å². The number of carbonyl (C=O) groups excluding carboxylic acids is 2. The molecule has 1 fully saturated rings. The second-order valence-electron chi connectivity index (χ2n) is 4.03. The third kappa shape index (κ3) is 4.84. The largest absolute Gasteiger partial charge is 0.355 e. The number of hydrogen-bond acceptors (Lipinski definition) is 2. The van der Waals surface area contributed by atoms with Crippen molar-refractivity contribution < 1.29 is 9.59 Å². The summed E-state index contributed by atoms with van der Waals surface area (Å²) in [6.07, 6.45) is 4.73. The molecule has 5 heteroatoms. The molecule has 4 nitrogen and oxygen atoms in total. The summed E-state index contributed by atoms with van der Waals surface area (Å²) in [4.78, 5) is 24.4. The zero-order chi connectivity index (χ0) is 11.8. The Balaban J connectivity index is 2.15. The molecule has 16 heavy (non-hydrogen) atoms. The lowest BCUT2D eigenvalue weighted by atomic mass is 10.2. The normalized spacial score (nSPS) is 17.1. The Bertz CT molecular complexity index is 246. The van der Waals surface area contributed by atoms with Crippen molar-refractivity contribution in [3.8, 4) is 0 Å². The highest BCUT2D eigenvalue weighted by Crippen LogP contribution is 2.10. The van der Waals surface area contributed by atoms with Crippen LogP contribution in [0.5, 0.6) is 0 Å². The van der Waals surface area contributed by atoms with Gasteiger partial charge < -0.3 is 10.2 Å². The first-order valence-electron chi connectivity index (χ1n) is 5.84. The van der Waals surface area contributed by atoms with Crippen LogP contribution in [0.25, 0.3) is 0 Å². The smallest absolute Gasteiger partial charge is 0.234 e. The molecular weight excluding hydrogens is 228 g/mol. The summed E-state index contributed by atoms with van der Waals surface area (Å²) >= 11 is 5.35. The monoisotopic (exact) mass is 246 g/mol. The van der Waals surface area contributed by atoms with E-state index < -0.39 is 0 Å². The molecule has 1 heterocycles. The number of alkyl halides is 1. The van der Waals surface area contributed by atoms with E-state index in [1.54, 1.807) is 0 Å². The first kappa shape index (κ1) is 13.3. The van der Waals surface area contributed by atoms with Gasteiger partial charge in [-0.25, -0.2) is 0 Å². The highest BCUT2D eigenvalue weighted by molar-refractivity contribution is 6.27. The minimum absolute atomic E-state index is 0.00262. The Kier molecular flexibility index (Phi) is 6.23. The van der Waals surface area contributed by atoms with Crippen molar-refractivity contribution in [1.29, 1.82) is 0 Å². The van der Waals surface area contributed by atoms with Gasteiger partial charge in [0.25, 0.3) is 0 Å². The number of likely N-dealkylation sites (tertiary alicyclic amines) is 1. The van der Waals surface area contributed by atoms with E-state index in [1.165, 1.54) is 0 Å². The topological polar surface area (TPSA) is 49.4 Å². The van der Waals surface area contributed by atoms with Crippen LogP contribution in [0.4, 0.5) is 0 Å². The van der Waals surface area contributed by atoms with Crippen molar-refractivity contribution in [1.82, 2.24) is 10.2 Å². The molecule has 2 amide bonds. The molecule has 0 aromatic heterocycles. The summed E-state index contributed by atoms with van der Waals surface area (Å²) in [5.74, 6) is 0.105. The second-order valence-corrected chi connectivity index (χ2v) is 4.30. The molecule has 0 saturated carbocycles. The van der Waals surface area contributed by atoms with Gasteiger partial charge in [0.05, 0.1) is 0 Å². The fraction of sp³-hybridized carbons (Fsp3) is 0.818. The molecule has 0 unspecified atom stereocenters. The number of nitrogens with zero attached hydrogens (tertiary/aromatic N) is 1. The molecule has 0 radical (unpaired) electrons. The average Bonchev–Trinajstić information content (AvgIpc) is 2.49. The average molecular weight is 247 g/mol. The molecule has 0 bridgehead atoms. The summed E-state index contributed by atoms with van der Waals surface area (Å²) in [6, 6.07) is 0.